The average molecular weight is 438 g/mol. The van der Waals surface area contributed by atoms with Gasteiger partial charge < -0.3 is 25.6 Å². The number of aliphatic hydroxyl groups is 1. The van der Waals surface area contributed by atoms with Gasteiger partial charge in [-0.15, -0.1) is 0 Å². The number of benzene rings is 1. The smallest absolute Gasteiger partial charge is 0.278 e. The predicted molar refractivity (Wildman–Crippen MR) is 117 cm³/mol. The summed E-state index contributed by atoms with van der Waals surface area (Å²) in [4.78, 5) is 23.8. The van der Waals surface area contributed by atoms with Crippen LogP contribution in [0.15, 0.2) is 23.3 Å². The zero-order valence-electron chi connectivity index (χ0n) is 17.8. The van der Waals surface area contributed by atoms with E-state index in [0.717, 1.165) is 31.2 Å². The van der Waals surface area contributed by atoms with E-state index < -0.39 is 11.6 Å². The highest BCUT2D eigenvalue weighted by atomic mass is 16.3. The Morgan fingerprint density at radius 2 is 2.06 bits per heavy atom. The fraction of sp³-hybridized carbons (Fsp3) is 0.522. The van der Waals surface area contributed by atoms with Crippen molar-refractivity contribution in [1.82, 2.24) is 19.5 Å². The molecule has 1 aromatic carbocycles. The molecule has 6 atom stereocenters. The van der Waals surface area contributed by atoms with Crippen molar-refractivity contribution in [1.29, 1.82) is 0 Å². The number of aromatic amines is 1. The molecule has 0 amide bonds. The molecule has 9 nitrogen and oxygen atoms in total. The Hall–Kier alpha value is -3.07. The molecule has 2 aromatic heterocycles. The van der Waals surface area contributed by atoms with Crippen molar-refractivity contribution in [3.8, 4) is 11.5 Å². The van der Waals surface area contributed by atoms with Crippen LogP contribution in [0.1, 0.15) is 62.1 Å². The number of H-pyrrole nitrogens is 1. The van der Waals surface area contributed by atoms with E-state index in [1.54, 1.807) is 17.0 Å². The number of nitrogens with zero attached hydrogens (tertiary/aromatic N) is 3. The third kappa shape index (κ3) is 2.45. The van der Waals surface area contributed by atoms with Crippen LogP contribution in [0.25, 0.3) is 11.2 Å². The van der Waals surface area contributed by atoms with Crippen molar-refractivity contribution in [2.24, 2.45) is 17.3 Å². The Balaban J connectivity index is 1.57. The van der Waals surface area contributed by atoms with Crippen LogP contribution in [0.5, 0.6) is 11.5 Å². The molecule has 1 unspecified atom stereocenters. The van der Waals surface area contributed by atoms with Crippen LogP contribution < -0.4 is 11.3 Å². The largest absolute Gasteiger partial charge is 0.504 e. The Kier molecular flexibility index (Phi) is 3.97. The molecular weight excluding hydrogens is 410 g/mol. The molecule has 0 aliphatic heterocycles. The monoisotopic (exact) mass is 437 g/mol. The van der Waals surface area contributed by atoms with Crippen LogP contribution in [0, 0.1) is 17.3 Å². The summed E-state index contributed by atoms with van der Waals surface area (Å²) in [6.07, 6.45) is 5.57. The third-order valence-corrected chi connectivity index (χ3v) is 8.64. The second-order valence-electron chi connectivity index (χ2n) is 9.98. The summed E-state index contributed by atoms with van der Waals surface area (Å²) in [5.41, 5.74) is 7.38. The highest BCUT2D eigenvalue weighted by Crippen LogP contribution is 2.63. The van der Waals surface area contributed by atoms with Gasteiger partial charge in [-0.05, 0) is 66.9 Å². The number of phenolic OH excluding ortho intramolecular Hbond substituents is 2. The van der Waals surface area contributed by atoms with Crippen molar-refractivity contribution in [2.75, 3.05) is 5.73 Å². The first-order chi connectivity index (χ1) is 15.3. The molecule has 9 heteroatoms. The maximum absolute atomic E-state index is 12.8. The van der Waals surface area contributed by atoms with Gasteiger partial charge in [0.2, 0.25) is 5.95 Å². The Morgan fingerprint density at radius 3 is 2.88 bits per heavy atom. The van der Waals surface area contributed by atoms with Gasteiger partial charge in [-0.2, -0.15) is 4.98 Å². The van der Waals surface area contributed by atoms with Crippen molar-refractivity contribution in [2.45, 2.75) is 57.1 Å². The average Bonchev–Trinajstić information content (AvgIpc) is 3.31. The molecule has 6 N–H and O–H groups in total. The van der Waals surface area contributed by atoms with E-state index in [1.807, 2.05) is 6.07 Å². The number of phenols is 2. The van der Waals surface area contributed by atoms with E-state index in [2.05, 4.69) is 21.9 Å². The van der Waals surface area contributed by atoms with E-state index in [-0.39, 0.29) is 46.4 Å². The molecule has 6 rings (SSSR count). The van der Waals surface area contributed by atoms with Crippen molar-refractivity contribution < 1.29 is 15.3 Å². The third-order valence-electron chi connectivity index (χ3n) is 8.64. The zero-order valence-corrected chi connectivity index (χ0v) is 17.8. The van der Waals surface area contributed by atoms with Crippen LogP contribution in [0.2, 0.25) is 0 Å². The number of nitrogen functional groups attached to an aromatic ring is 1. The molecule has 0 bridgehead atoms. The quantitative estimate of drug-likeness (QED) is 0.367. The number of aromatic hydroxyl groups is 2. The molecular formula is C23H27N5O4. The molecule has 168 valence electrons. The lowest BCUT2D eigenvalue weighted by Gasteiger charge is -2.51. The molecule has 0 saturated heterocycles. The molecule has 2 fully saturated rings. The van der Waals surface area contributed by atoms with Gasteiger partial charge in [0, 0.05) is 5.56 Å². The van der Waals surface area contributed by atoms with Crippen LogP contribution in [0.4, 0.5) is 5.95 Å². The van der Waals surface area contributed by atoms with Gasteiger partial charge in [0.1, 0.15) is 0 Å². The van der Waals surface area contributed by atoms with Gasteiger partial charge in [-0.25, -0.2) is 4.98 Å². The first-order valence-corrected chi connectivity index (χ1v) is 11.2. The van der Waals surface area contributed by atoms with E-state index in [4.69, 9.17) is 5.73 Å². The minimum Gasteiger partial charge on any atom is -0.504 e. The molecule has 32 heavy (non-hydrogen) atoms. The lowest BCUT2D eigenvalue weighted by molar-refractivity contribution is -0.0258. The normalized spacial score (nSPS) is 33.6. The van der Waals surface area contributed by atoms with E-state index in [9.17, 15) is 20.1 Å². The molecule has 3 aliphatic carbocycles. The maximum Gasteiger partial charge on any atom is 0.278 e. The zero-order chi connectivity index (χ0) is 22.4. The van der Waals surface area contributed by atoms with Crippen LogP contribution in [-0.2, 0) is 0 Å². The lowest BCUT2D eigenvalue weighted by atomic mass is 9.54. The second kappa shape index (κ2) is 6.48. The van der Waals surface area contributed by atoms with Gasteiger partial charge >= 0.3 is 0 Å². The number of fused-ring (bicyclic) bond motifs is 6. The van der Waals surface area contributed by atoms with Gasteiger partial charge in [-0.1, -0.05) is 13.0 Å². The van der Waals surface area contributed by atoms with Crippen molar-refractivity contribution in [3.63, 3.8) is 0 Å². The van der Waals surface area contributed by atoms with Crippen LogP contribution in [-0.4, -0.2) is 40.9 Å². The lowest BCUT2D eigenvalue weighted by Crippen LogP contribution is -2.45. The molecule has 2 saturated carbocycles. The summed E-state index contributed by atoms with van der Waals surface area (Å²) < 4.78 is 1.76. The summed E-state index contributed by atoms with van der Waals surface area (Å²) in [5, 5.41) is 32.0. The molecule has 3 aromatic rings. The first-order valence-electron chi connectivity index (χ1n) is 11.2. The van der Waals surface area contributed by atoms with Gasteiger partial charge in [-0.3, -0.25) is 9.78 Å². The number of aromatic nitrogens is 4. The number of nitrogens with one attached hydrogen (secondary N) is 1. The Bertz CT molecular complexity index is 1300. The first kappa shape index (κ1) is 19.6. The molecule has 0 radical (unpaired) electrons. The minimum atomic E-state index is -0.394. The topological polar surface area (TPSA) is 150 Å². The van der Waals surface area contributed by atoms with Crippen LogP contribution >= 0.6 is 0 Å². The summed E-state index contributed by atoms with van der Waals surface area (Å²) in [7, 11) is 0. The molecule has 3 aliphatic rings. The van der Waals surface area contributed by atoms with Gasteiger partial charge in [0.05, 0.1) is 18.5 Å². The van der Waals surface area contributed by atoms with E-state index in [1.165, 1.54) is 0 Å². The fourth-order valence-corrected chi connectivity index (χ4v) is 7.09. The van der Waals surface area contributed by atoms with Gasteiger partial charge in [0.15, 0.2) is 22.7 Å². The molecule has 2 heterocycles. The van der Waals surface area contributed by atoms with Crippen molar-refractivity contribution >= 4 is 17.1 Å². The van der Waals surface area contributed by atoms with E-state index in [0.29, 0.717) is 23.4 Å². The number of rotatable bonds is 1. The Morgan fingerprint density at radius 1 is 1.25 bits per heavy atom. The Labute approximate surface area is 183 Å². The van der Waals surface area contributed by atoms with Crippen molar-refractivity contribution in [3.05, 3.63) is 39.9 Å². The standard InChI is InChI=1S/C23H27N5O4/c1-23-7-6-10-11-2-4-15(29)19(31)17(11)14(8-12(10)13(23)3-5-16(23)30)28-9-25-20-18(28)21(32)27-22(24)26-20/h2,4,9-10,12-14,16,29-31H,3,5-8H2,1H3,(H3,24,26,27,32)/t10-,12-,13+,14?,16+,23+/m1/s1. The highest BCUT2D eigenvalue weighted by molar-refractivity contribution is 5.71. The highest BCUT2D eigenvalue weighted by Gasteiger charge is 2.56. The van der Waals surface area contributed by atoms with Crippen LogP contribution in [0.3, 0.4) is 0 Å². The van der Waals surface area contributed by atoms with Gasteiger partial charge in [0.25, 0.3) is 5.56 Å². The number of anilines is 1. The summed E-state index contributed by atoms with van der Waals surface area (Å²) in [6, 6.07) is 3.06. The molecule has 0 spiro atoms. The summed E-state index contributed by atoms with van der Waals surface area (Å²) >= 11 is 0. The summed E-state index contributed by atoms with van der Waals surface area (Å²) in [6.45, 7) is 2.20. The number of hydrogen-bond acceptors (Lipinski definition) is 7. The summed E-state index contributed by atoms with van der Waals surface area (Å²) in [5.74, 6) is 0.547. The number of aliphatic hydroxyl groups excluding tert-OH is 1. The number of hydrogen-bond donors (Lipinski definition) is 5. The van der Waals surface area contributed by atoms with E-state index >= 15 is 0 Å². The predicted octanol–water partition coefficient (Wildman–Crippen LogP) is 2.38. The SMILES string of the molecule is C[C@]12CC[C@@H]3c4ccc(O)c(O)c4C(n4cnc5nc(N)[nH]c(=O)c54)C[C@H]3[C@@H]1CC[C@@H]2O. The minimum absolute atomic E-state index is 0.000315. The maximum atomic E-state index is 12.8. The number of imidazole rings is 1. The fourth-order valence-electron chi connectivity index (χ4n) is 7.09. The second-order valence-corrected chi connectivity index (χ2v) is 9.98. The number of nitrogens with two attached hydrogens (primary N) is 1.